The number of hydrogen-bond donors (Lipinski definition) is 2. The summed E-state index contributed by atoms with van der Waals surface area (Å²) in [6.45, 7) is 1.96. The van der Waals surface area contributed by atoms with Gasteiger partial charge in [-0.2, -0.15) is 5.10 Å². The van der Waals surface area contributed by atoms with E-state index in [4.69, 9.17) is 0 Å². The standard InChI is InChI=1S/C11H12BrN3O2S/c1-2-8-7-11(14-13-8)15-18(16,17)10-6-4-3-5-9(10)12/h3-7H,2H2,1H3,(H2,13,14,15). The van der Waals surface area contributed by atoms with Crippen molar-refractivity contribution in [1.82, 2.24) is 10.2 Å². The monoisotopic (exact) mass is 329 g/mol. The van der Waals surface area contributed by atoms with E-state index in [2.05, 4.69) is 30.8 Å². The molecule has 0 radical (unpaired) electrons. The van der Waals surface area contributed by atoms with Crippen LogP contribution in [0.2, 0.25) is 0 Å². The first-order chi connectivity index (χ1) is 8.53. The van der Waals surface area contributed by atoms with Crippen molar-refractivity contribution >= 4 is 31.8 Å². The van der Waals surface area contributed by atoms with Crippen molar-refractivity contribution < 1.29 is 8.42 Å². The van der Waals surface area contributed by atoms with Crippen molar-refractivity contribution in [1.29, 1.82) is 0 Å². The Morgan fingerprint density at radius 1 is 1.39 bits per heavy atom. The van der Waals surface area contributed by atoms with E-state index in [-0.39, 0.29) is 4.90 Å². The smallest absolute Gasteiger partial charge is 0.264 e. The van der Waals surface area contributed by atoms with Gasteiger partial charge in [-0.05, 0) is 34.5 Å². The molecule has 0 bridgehead atoms. The van der Waals surface area contributed by atoms with Crippen LogP contribution in [0.4, 0.5) is 5.82 Å². The number of hydrogen-bond acceptors (Lipinski definition) is 3. The van der Waals surface area contributed by atoms with Gasteiger partial charge in [-0.15, -0.1) is 0 Å². The zero-order chi connectivity index (χ0) is 13.2. The van der Waals surface area contributed by atoms with Crippen molar-refractivity contribution in [2.75, 3.05) is 4.72 Å². The Bertz CT molecular complexity index is 652. The molecule has 96 valence electrons. The molecule has 0 saturated carbocycles. The average Bonchev–Trinajstić information content (AvgIpc) is 2.76. The molecule has 0 saturated heterocycles. The largest absolute Gasteiger partial charge is 0.280 e. The molecule has 0 atom stereocenters. The number of aromatic amines is 1. The molecule has 0 unspecified atom stereocenters. The first-order valence-corrected chi connectivity index (χ1v) is 7.62. The van der Waals surface area contributed by atoms with Crippen LogP contribution in [0.1, 0.15) is 12.6 Å². The predicted octanol–water partition coefficient (Wildman–Crippen LogP) is 2.54. The first kappa shape index (κ1) is 13.1. The van der Waals surface area contributed by atoms with E-state index in [1.165, 1.54) is 6.07 Å². The number of halogens is 1. The highest BCUT2D eigenvalue weighted by molar-refractivity contribution is 9.10. The van der Waals surface area contributed by atoms with Crippen LogP contribution in [0, 0.1) is 0 Å². The number of sulfonamides is 1. The number of benzene rings is 1. The summed E-state index contributed by atoms with van der Waals surface area (Å²) in [5, 5.41) is 6.65. The van der Waals surface area contributed by atoms with Gasteiger partial charge >= 0.3 is 0 Å². The number of nitrogens with zero attached hydrogens (tertiary/aromatic N) is 1. The Morgan fingerprint density at radius 2 is 2.11 bits per heavy atom. The van der Waals surface area contributed by atoms with Crippen LogP contribution in [0.3, 0.4) is 0 Å². The van der Waals surface area contributed by atoms with E-state index in [1.54, 1.807) is 24.3 Å². The van der Waals surface area contributed by atoms with Crippen LogP contribution < -0.4 is 4.72 Å². The number of H-pyrrole nitrogens is 1. The van der Waals surface area contributed by atoms with E-state index >= 15 is 0 Å². The molecule has 0 spiro atoms. The second-order valence-corrected chi connectivity index (χ2v) is 6.17. The lowest BCUT2D eigenvalue weighted by molar-refractivity contribution is 0.600. The highest BCUT2D eigenvalue weighted by atomic mass is 79.9. The molecule has 0 fully saturated rings. The molecule has 2 N–H and O–H groups in total. The van der Waals surface area contributed by atoms with Crippen LogP contribution in [-0.2, 0) is 16.4 Å². The Balaban J connectivity index is 2.30. The second-order valence-electron chi connectivity index (χ2n) is 3.67. The SMILES string of the molecule is CCc1cc(NS(=O)(=O)c2ccccc2Br)n[nH]1. The summed E-state index contributed by atoms with van der Waals surface area (Å²) in [6.07, 6.45) is 0.768. The summed E-state index contributed by atoms with van der Waals surface area (Å²) in [5.41, 5.74) is 0.875. The van der Waals surface area contributed by atoms with Crippen molar-refractivity contribution in [2.24, 2.45) is 0 Å². The Hall–Kier alpha value is -1.34. The number of nitrogens with one attached hydrogen (secondary N) is 2. The van der Waals surface area contributed by atoms with Gasteiger partial charge in [0.15, 0.2) is 5.82 Å². The van der Waals surface area contributed by atoms with Crippen LogP contribution in [0.5, 0.6) is 0 Å². The fourth-order valence-corrected chi connectivity index (χ4v) is 3.45. The van der Waals surface area contributed by atoms with Gasteiger partial charge in [-0.1, -0.05) is 19.1 Å². The molecule has 2 rings (SSSR count). The number of aryl methyl sites for hydroxylation is 1. The maximum absolute atomic E-state index is 12.1. The highest BCUT2D eigenvalue weighted by Crippen LogP contribution is 2.23. The molecule has 1 aromatic carbocycles. The molecule has 18 heavy (non-hydrogen) atoms. The third kappa shape index (κ3) is 2.73. The van der Waals surface area contributed by atoms with Gasteiger partial charge in [0, 0.05) is 16.2 Å². The number of anilines is 1. The molecule has 1 heterocycles. The van der Waals surface area contributed by atoms with E-state index in [0.717, 1.165) is 12.1 Å². The quantitative estimate of drug-likeness (QED) is 0.905. The zero-order valence-electron chi connectivity index (χ0n) is 9.64. The van der Waals surface area contributed by atoms with Crippen molar-refractivity contribution in [3.05, 3.63) is 40.5 Å². The van der Waals surface area contributed by atoms with Gasteiger partial charge in [-0.3, -0.25) is 9.82 Å². The summed E-state index contributed by atoms with van der Waals surface area (Å²) < 4.78 is 27.2. The van der Waals surface area contributed by atoms with E-state index in [9.17, 15) is 8.42 Å². The summed E-state index contributed by atoms with van der Waals surface area (Å²) >= 11 is 3.22. The summed E-state index contributed by atoms with van der Waals surface area (Å²) in [4.78, 5) is 0.186. The molecule has 0 amide bonds. The van der Waals surface area contributed by atoms with Crippen molar-refractivity contribution in [3.63, 3.8) is 0 Å². The lowest BCUT2D eigenvalue weighted by Gasteiger charge is -2.06. The highest BCUT2D eigenvalue weighted by Gasteiger charge is 2.18. The third-order valence-corrected chi connectivity index (χ3v) is 4.74. The van der Waals surface area contributed by atoms with Gasteiger partial charge in [0.05, 0.1) is 0 Å². The van der Waals surface area contributed by atoms with Gasteiger partial charge in [0.1, 0.15) is 4.90 Å². The van der Waals surface area contributed by atoms with Gasteiger partial charge in [0.25, 0.3) is 10.0 Å². The van der Waals surface area contributed by atoms with Crippen LogP contribution in [0.15, 0.2) is 39.7 Å². The number of aromatic nitrogens is 2. The predicted molar refractivity (Wildman–Crippen MR) is 72.9 cm³/mol. The lowest BCUT2D eigenvalue weighted by atomic mass is 10.3. The minimum atomic E-state index is -3.62. The lowest BCUT2D eigenvalue weighted by Crippen LogP contribution is -2.13. The molecular formula is C11H12BrN3O2S. The van der Waals surface area contributed by atoms with Crippen LogP contribution in [-0.4, -0.2) is 18.6 Å². The topological polar surface area (TPSA) is 74.8 Å². The van der Waals surface area contributed by atoms with Crippen LogP contribution >= 0.6 is 15.9 Å². The Kier molecular flexibility index (Phi) is 3.72. The van der Waals surface area contributed by atoms with Gasteiger partial charge in [-0.25, -0.2) is 8.42 Å². The molecule has 5 nitrogen and oxygen atoms in total. The molecular weight excluding hydrogens is 318 g/mol. The Labute approximate surface area is 114 Å². The molecule has 7 heteroatoms. The second kappa shape index (κ2) is 5.11. The average molecular weight is 330 g/mol. The zero-order valence-corrected chi connectivity index (χ0v) is 12.0. The van der Waals surface area contributed by atoms with Gasteiger partial charge < -0.3 is 0 Å². The molecule has 0 aliphatic carbocycles. The van der Waals surface area contributed by atoms with E-state index in [1.807, 2.05) is 6.92 Å². The van der Waals surface area contributed by atoms with Crippen molar-refractivity contribution in [3.8, 4) is 0 Å². The maximum Gasteiger partial charge on any atom is 0.264 e. The number of rotatable bonds is 4. The maximum atomic E-state index is 12.1. The van der Waals surface area contributed by atoms with Crippen molar-refractivity contribution in [2.45, 2.75) is 18.2 Å². The molecule has 0 aliphatic rings. The Morgan fingerprint density at radius 3 is 2.72 bits per heavy atom. The molecule has 1 aromatic heterocycles. The van der Waals surface area contributed by atoms with Crippen LogP contribution in [0.25, 0.3) is 0 Å². The minimum Gasteiger partial charge on any atom is -0.280 e. The first-order valence-electron chi connectivity index (χ1n) is 5.34. The minimum absolute atomic E-state index is 0.186. The van der Waals surface area contributed by atoms with Gasteiger partial charge in [0.2, 0.25) is 0 Å². The normalized spacial score (nSPS) is 11.4. The molecule has 2 aromatic rings. The third-order valence-electron chi connectivity index (χ3n) is 2.38. The fraction of sp³-hybridized carbons (Fsp3) is 0.182. The van der Waals surface area contributed by atoms with E-state index < -0.39 is 10.0 Å². The molecule has 0 aliphatic heterocycles. The summed E-state index contributed by atoms with van der Waals surface area (Å²) in [5.74, 6) is 0.294. The van der Waals surface area contributed by atoms with E-state index in [0.29, 0.717) is 10.3 Å². The fourth-order valence-electron chi connectivity index (χ4n) is 1.45. The summed E-state index contributed by atoms with van der Waals surface area (Å²) in [7, 11) is -3.62. The summed E-state index contributed by atoms with van der Waals surface area (Å²) in [6, 6.07) is 8.30.